The molecule has 0 N–H and O–H groups in total. The third-order valence-corrected chi connectivity index (χ3v) is 3.43. The summed E-state index contributed by atoms with van der Waals surface area (Å²) in [6.07, 6.45) is -1.26. The van der Waals surface area contributed by atoms with E-state index in [-0.39, 0.29) is 68.2 Å². The van der Waals surface area contributed by atoms with E-state index in [0.29, 0.717) is 11.3 Å². The summed E-state index contributed by atoms with van der Waals surface area (Å²) < 4.78 is 26.6. The van der Waals surface area contributed by atoms with Gasteiger partial charge in [-0.2, -0.15) is 0 Å². The van der Waals surface area contributed by atoms with Gasteiger partial charge in [-0.05, 0) is 36.9 Å². The van der Waals surface area contributed by atoms with Gasteiger partial charge in [0.15, 0.2) is 0 Å². The molecule has 0 aliphatic heterocycles. The second kappa shape index (κ2) is 8.35. The van der Waals surface area contributed by atoms with E-state index in [0.717, 1.165) is 10.9 Å². The number of benzene rings is 1. The van der Waals surface area contributed by atoms with Crippen LogP contribution in [0.25, 0.3) is 16.2 Å². The van der Waals surface area contributed by atoms with Gasteiger partial charge in [0.2, 0.25) is 0 Å². The van der Waals surface area contributed by atoms with Crippen LogP contribution >= 0.6 is 0 Å². The maximum atomic E-state index is 12.5. The minimum absolute atomic E-state index is 0. The first-order chi connectivity index (χ1) is 10.3. The van der Waals surface area contributed by atoms with Crippen molar-refractivity contribution in [1.82, 2.24) is 4.57 Å². The summed E-state index contributed by atoms with van der Waals surface area (Å²) in [5.74, 6) is 0. The van der Waals surface area contributed by atoms with Gasteiger partial charge in [-0.1, -0.05) is 18.2 Å². The standard InChI is InChI=1S/C17H18F2N2O.K/c1-10(16(18)19)8-12(3)20-14-6-5-7-15-13(14)9-11(2)17(22)21(15)4;/h5-9,16H,3H2,1-2,4H3,(H,20,22);/q;+1/p-1/b10-8+;. The molecule has 0 aliphatic carbocycles. The van der Waals surface area contributed by atoms with Crippen molar-refractivity contribution in [2.75, 3.05) is 0 Å². The quantitative estimate of drug-likeness (QED) is 0.614. The Kier molecular flexibility index (Phi) is 7.35. The van der Waals surface area contributed by atoms with Crippen LogP contribution in [0.15, 0.2) is 53.0 Å². The molecule has 0 unspecified atom stereocenters. The molecule has 6 heteroatoms. The molecule has 2 rings (SSSR count). The fourth-order valence-corrected chi connectivity index (χ4v) is 2.24. The minimum Gasteiger partial charge on any atom is -0.658 e. The molecule has 0 fully saturated rings. The maximum absolute atomic E-state index is 12.5. The summed E-state index contributed by atoms with van der Waals surface area (Å²) in [6, 6.07) is 7.11. The average molecular weight is 342 g/mol. The molecule has 0 radical (unpaired) electrons. The normalized spacial score (nSPS) is 11.5. The Hall–Kier alpha value is -0.794. The van der Waals surface area contributed by atoms with Crippen molar-refractivity contribution in [2.45, 2.75) is 20.3 Å². The zero-order chi connectivity index (χ0) is 16.4. The Labute approximate surface area is 176 Å². The van der Waals surface area contributed by atoms with Gasteiger partial charge in [-0.3, -0.25) is 4.79 Å². The van der Waals surface area contributed by atoms with Crippen molar-refractivity contribution in [2.24, 2.45) is 7.05 Å². The van der Waals surface area contributed by atoms with E-state index in [1.54, 1.807) is 36.7 Å². The van der Waals surface area contributed by atoms with Crippen LogP contribution in [0.5, 0.6) is 0 Å². The number of aromatic nitrogens is 1. The van der Waals surface area contributed by atoms with Crippen LogP contribution in [0.1, 0.15) is 12.5 Å². The van der Waals surface area contributed by atoms with E-state index in [1.165, 1.54) is 13.0 Å². The Morgan fingerprint density at radius 1 is 1.39 bits per heavy atom. The first-order valence-corrected chi connectivity index (χ1v) is 6.77. The third-order valence-electron chi connectivity index (χ3n) is 3.43. The molecule has 0 spiro atoms. The fraction of sp³-hybridized carbons (Fsp3) is 0.235. The Bertz CT molecular complexity index is 825. The Morgan fingerprint density at radius 3 is 2.65 bits per heavy atom. The van der Waals surface area contributed by atoms with Crippen molar-refractivity contribution in [3.8, 4) is 0 Å². The molecule has 0 saturated heterocycles. The van der Waals surface area contributed by atoms with Crippen LogP contribution in [0.4, 0.5) is 14.5 Å². The van der Waals surface area contributed by atoms with Gasteiger partial charge < -0.3 is 9.88 Å². The smallest absolute Gasteiger partial charge is 0.658 e. The van der Waals surface area contributed by atoms with Gasteiger partial charge in [-0.15, -0.1) is 18.0 Å². The molecular formula is C17H17F2KN2O. The van der Waals surface area contributed by atoms with E-state index in [4.69, 9.17) is 0 Å². The topological polar surface area (TPSA) is 36.1 Å². The van der Waals surface area contributed by atoms with E-state index in [9.17, 15) is 13.6 Å². The van der Waals surface area contributed by atoms with Crippen molar-refractivity contribution in [3.63, 3.8) is 0 Å². The number of rotatable bonds is 4. The van der Waals surface area contributed by atoms with E-state index in [1.807, 2.05) is 6.07 Å². The molecule has 0 bridgehead atoms. The first-order valence-electron chi connectivity index (χ1n) is 6.77. The van der Waals surface area contributed by atoms with Gasteiger partial charge in [0, 0.05) is 18.1 Å². The average Bonchev–Trinajstić information content (AvgIpc) is 2.45. The number of halogens is 2. The third kappa shape index (κ3) is 4.61. The van der Waals surface area contributed by atoms with Crippen molar-refractivity contribution in [1.29, 1.82) is 0 Å². The van der Waals surface area contributed by atoms with Gasteiger partial charge in [0.05, 0.1) is 0 Å². The summed E-state index contributed by atoms with van der Waals surface area (Å²) in [5, 5.41) is 5.09. The molecular weight excluding hydrogens is 325 g/mol. The molecule has 1 aromatic heterocycles. The number of aryl methyl sites for hydroxylation is 2. The monoisotopic (exact) mass is 342 g/mol. The molecule has 3 nitrogen and oxygen atoms in total. The minimum atomic E-state index is -2.53. The van der Waals surface area contributed by atoms with Gasteiger partial charge in [0.1, 0.15) is 0 Å². The van der Waals surface area contributed by atoms with Crippen LogP contribution < -0.4 is 56.9 Å². The van der Waals surface area contributed by atoms with E-state index >= 15 is 0 Å². The predicted octanol–water partition coefficient (Wildman–Crippen LogP) is 1.58. The number of hydrogen-bond acceptors (Lipinski definition) is 1. The van der Waals surface area contributed by atoms with Crippen LogP contribution in [0.3, 0.4) is 0 Å². The number of nitrogens with zero attached hydrogens (tertiary/aromatic N) is 2. The van der Waals surface area contributed by atoms with Crippen molar-refractivity contribution >= 4 is 16.6 Å². The maximum Gasteiger partial charge on any atom is 1.00 e. The SMILES string of the molecule is C=C(/C=C(\C)C(F)F)[N-]c1cccc2c1cc(C)c(=O)n2C.[K+]. The largest absolute Gasteiger partial charge is 1.00 e. The molecule has 1 heterocycles. The molecule has 0 amide bonds. The molecule has 0 saturated carbocycles. The first kappa shape index (κ1) is 20.3. The molecule has 1 aromatic carbocycles. The van der Waals surface area contributed by atoms with Gasteiger partial charge >= 0.3 is 51.4 Å². The number of fused-ring (bicyclic) bond motifs is 1. The van der Waals surface area contributed by atoms with Crippen LogP contribution in [-0.4, -0.2) is 11.0 Å². The van der Waals surface area contributed by atoms with Crippen molar-refractivity contribution in [3.05, 3.63) is 69.4 Å². The number of pyridine rings is 1. The number of hydrogen-bond donors (Lipinski definition) is 0. The summed E-state index contributed by atoms with van der Waals surface area (Å²) in [5.41, 5.74) is 2.02. The van der Waals surface area contributed by atoms with Gasteiger partial charge in [0.25, 0.3) is 12.0 Å². The molecule has 0 atom stereocenters. The van der Waals surface area contributed by atoms with Crippen LogP contribution in [0, 0.1) is 6.92 Å². The Morgan fingerprint density at radius 2 is 2.04 bits per heavy atom. The number of allylic oxidation sites excluding steroid dienone is 2. The molecule has 2 aromatic rings. The molecule has 0 aliphatic rings. The summed E-state index contributed by atoms with van der Waals surface area (Å²) >= 11 is 0. The zero-order valence-electron chi connectivity index (χ0n) is 13.7. The summed E-state index contributed by atoms with van der Waals surface area (Å²) in [7, 11) is 1.69. The number of alkyl halides is 2. The van der Waals surface area contributed by atoms with Crippen molar-refractivity contribution < 1.29 is 60.2 Å². The second-order valence-corrected chi connectivity index (χ2v) is 5.19. The second-order valence-electron chi connectivity index (χ2n) is 5.19. The summed E-state index contributed by atoms with van der Waals surface area (Å²) in [6.45, 7) is 6.76. The molecule has 23 heavy (non-hydrogen) atoms. The van der Waals surface area contributed by atoms with Crippen LogP contribution in [0.2, 0.25) is 0 Å². The van der Waals surface area contributed by atoms with E-state index < -0.39 is 6.43 Å². The van der Waals surface area contributed by atoms with Crippen LogP contribution in [-0.2, 0) is 7.05 Å². The predicted molar refractivity (Wildman–Crippen MR) is 85.8 cm³/mol. The Balaban J connectivity index is 0.00000264. The van der Waals surface area contributed by atoms with Gasteiger partial charge in [-0.25, -0.2) is 8.78 Å². The molecule has 116 valence electrons. The summed E-state index contributed by atoms with van der Waals surface area (Å²) in [4.78, 5) is 12.0. The van der Waals surface area contributed by atoms with E-state index in [2.05, 4.69) is 11.9 Å². The fourth-order valence-electron chi connectivity index (χ4n) is 2.24. The zero-order valence-corrected chi connectivity index (χ0v) is 16.9.